The smallest absolute Gasteiger partial charge is 0.166 e. The number of aliphatic hydroxyl groups is 1. The summed E-state index contributed by atoms with van der Waals surface area (Å²) >= 11 is 12.3. The molecule has 36 heavy (non-hydrogen) atoms. The van der Waals surface area contributed by atoms with Crippen molar-refractivity contribution < 1.29 is 23.7 Å². The summed E-state index contributed by atoms with van der Waals surface area (Å²) in [6.07, 6.45) is 0.377. The number of β-amino-alcohol motifs (C(OH)–C–C–N with tert-alkyl or cyclic N) is 1. The van der Waals surface area contributed by atoms with Gasteiger partial charge in [0, 0.05) is 42.0 Å². The largest absolute Gasteiger partial charge is 0.491 e. The molecule has 1 aliphatic heterocycles. The molecule has 1 aliphatic rings. The van der Waals surface area contributed by atoms with Gasteiger partial charge in [0.25, 0.3) is 0 Å². The molecule has 1 aromatic heterocycles. The van der Waals surface area contributed by atoms with Crippen molar-refractivity contribution in [2.24, 2.45) is 0 Å². The van der Waals surface area contributed by atoms with E-state index in [-0.39, 0.29) is 17.4 Å². The summed E-state index contributed by atoms with van der Waals surface area (Å²) in [7, 11) is 0. The van der Waals surface area contributed by atoms with Crippen LogP contribution in [0.4, 0.5) is 10.2 Å². The normalized spacial score (nSPS) is 15.9. The van der Waals surface area contributed by atoms with E-state index >= 15 is 0 Å². The van der Waals surface area contributed by atoms with Crippen LogP contribution in [0.25, 0.3) is 11.1 Å². The molecule has 0 radical (unpaired) electrons. The summed E-state index contributed by atoms with van der Waals surface area (Å²) in [5, 5.41) is 10.5. The maximum Gasteiger partial charge on any atom is 0.166 e. The number of aromatic nitrogens is 1. The van der Waals surface area contributed by atoms with E-state index in [2.05, 4.69) is 9.88 Å². The third-order valence-electron chi connectivity index (χ3n) is 5.87. The van der Waals surface area contributed by atoms with Crippen molar-refractivity contribution in [1.82, 2.24) is 9.88 Å². The SMILES string of the molecule is CC(Oc1cc(-c2ccc(OCC(O)CN3CCOCC3)cc2)cnc1N)c1c(Cl)ccc(F)c1Cl. The van der Waals surface area contributed by atoms with E-state index < -0.39 is 18.0 Å². The highest BCUT2D eigenvalue weighted by Gasteiger charge is 2.20. The van der Waals surface area contributed by atoms with E-state index in [0.717, 1.165) is 24.2 Å². The fraction of sp³-hybridized carbons (Fsp3) is 0.346. The minimum Gasteiger partial charge on any atom is -0.491 e. The number of halogens is 3. The zero-order valence-corrected chi connectivity index (χ0v) is 21.3. The first-order valence-electron chi connectivity index (χ1n) is 11.6. The van der Waals surface area contributed by atoms with Crippen LogP contribution in [0.1, 0.15) is 18.6 Å². The molecule has 3 N–H and O–H groups in total. The van der Waals surface area contributed by atoms with Crippen LogP contribution >= 0.6 is 23.2 Å². The Balaban J connectivity index is 1.40. The second-order valence-electron chi connectivity index (χ2n) is 8.53. The van der Waals surface area contributed by atoms with Gasteiger partial charge in [0.1, 0.15) is 30.4 Å². The average Bonchev–Trinajstić information content (AvgIpc) is 2.87. The monoisotopic (exact) mass is 535 g/mol. The van der Waals surface area contributed by atoms with E-state index in [1.807, 2.05) is 24.3 Å². The number of pyridine rings is 1. The van der Waals surface area contributed by atoms with E-state index in [0.29, 0.717) is 41.8 Å². The predicted molar refractivity (Wildman–Crippen MR) is 138 cm³/mol. The van der Waals surface area contributed by atoms with Crippen molar-refractivity contribution >= 4 is 29.0 Å². The third-order valence-corrected chi connectivity index (χ3v) is 6.59. The summed E-state index contributed by atoms with van der Waals surface area (Å²) in [6.45, 7) is 5.45. The molecule has 1 saturated heterocycles. The van der Waals surface area contributed by atoms with Crippen molar-refractivity contribution in [1.29, 1.82) is 0 Å². The number of anilines is 1. The first kappa shape index (κ1) is 26.4. The second-order valence-corrected chi connectivity index (χ2v) is 9.31. The molecule has 1 fully saturated rings. The van der Waals surface area contributed by atoms with Crippen LogP contribution in [0.5, 0.6) is 11.5 Å². The number of nitrogens with two attached hydrogens (primary N) is 1. The van der Waals surface area contributed by atoms with Gasteiger partial charge in [-0.15, -0.1) is 0 Å². The topological polar surface area (TPSA) is 90.1 Å². The lowest BCUT2D eigenvalue weighted by Crippen LogP contribution is -2.42. The van der Waals surface area contributed by atoms with Crippen molar-refractivity contribution in [3.8, 4) is 22.6 Å². The molecule has 2 unspecified atom stereocenters. The minimum absolute atomic E-state index is 0.0941. The highest BCUT2D eigenvalue weighted by molar-refractivity contribution is 6.36. The Hall–Kier alpha value is -2.62. The lowest BCUT2D eigenvalue weighted by atomic mass is 10.1. The Morgan fingerprint density at radius 2 is 1.86 bits per heavy atom. The lowest BCUT2D eigenvalue weighted by Gasteiger charge is -2.28. The number of hydrogen-bond acceptors (Lipinski definition) is 7. The lowest BCUT2D eigenvalue weighted by molar-refractivity contribution is 0.00465. The highest BCUT2D eigenvalue weighted by Crippen LogP contribution is 2.37. The highest BCUT2D eigenvalue weighted by atomic mass is 35.5. The van der Waals surface area contributed by atoms with Crippen LogP contribution in [-0.2, 0) is 4.74 Å². The van der Waals surface area contributed by atoms with Crippen molar-refractivity contribution in [3.63, 3.8) is 0 Å². The van der Waals surface area contributed by atoms with Gasteiger partial charge in [-0.1, -0.05) is 35.3 Å². The summed E-state index contributed by atoms with van der Waals surface area (Å²) < 4.78 is 31.0. The van der Waals surface area contributed by atoms with E-state index in [1.54, 1.807) is 19.2 Å². The summed E-state index contributed by atoms with van der Waals surface area (Å²) in [5.41, 5.74) is 7.99. The zero-order chi connectivity index (χ0) is 25.7. The molecule has 0 spiro atoms. The number of benzene rings is 2. The Labute approximate surface area is 219 Å². The molecular formula is C26H28Cl2FN3O4. The van der Waals surface area contributed by atoms with Gasteiger partial charge in [0.2, 0.25) is 0 Å². The minimum atomic E-state index is -0.667. The van der Waals surface area contributed by atoms with Gasteiger partial charge in [0.05, 0.1) is 18.2 Å². The Morgan fingerprint density at radius 3 is 2.58 bits per heavy atom. The number of morpholine rings is 1. The molecule has 192 valence electrons. The van der Waals surface area contributed by atoms with Gasteiger partial charge >= 0.3 is 0 Å². The Morgan fingerprint density at radius 1 is 1.14 bits per heavy atom. The molecule has 4 rings (SSSR count). The maximum atomic E-state index is 13.9. The molecule has 0 saturated carbocycles. The summed E-state index contributed by atoms with van der Waals surface area (Å²) in [5.74, 6) is 0.567. The molecule has 2 atom stereocenters. The average molecular weight is 536 g/mol. The number of rotatable bonds is 9. The second kappa shape index (κ2) is 12.1. The summed E-state index contributed by atoms with van der Waals surface area (Å²) in [6, 6.07) is 11.8. The quantitative estimate of drug-likeness (QED) is 0.373. The maximum absolute atomic E-state index is 13.9. The van der Waals surface area contributed by atoms with Crippen LogP contribution in [0.2, 0.25) is 10.0 Å². The van der Waals surface area contributed by atoms with E-state index in [1.165, 1.54) is 12.1 Å². The van der Waals surface area contributed by atoms with Crippen LogP contribution in [0.3, 0.4) is 0 Å². The van der Waals surface area contributed by atoms with Gasteiger partial charge in [-0.2, -0.15) is 0 Å². The van der Waals surface area contributed by atoms with Gasteiger partial charge < -0.3 is 25.1 Å². The fourth-order valence-corrected chi connectivity index (χ4v) is 4.62. The zero-order valence-electron chi connectivity index (χ0n) is 19.8. The van der Waals surface area contributed by atoms with Crippen LogP contribution in [0.15, 0.2) is 48.7 Å². The van der Waals surface area contributed by atoms with Crippen molar-refractivity contribution in [3.05, 3.63) is 70.1 Å². The Bertz CT molecular complexity index is 1180. The van der Waals surface area contributed by atoms with Crippen LogP contribution in [-0.4, -0.2) is 60.5 Å². The molecule has 7 nitrogen and oxygen atoms in total. The van der Waals surface area contributed by atoms with Crippen LogP contribution in [0, 0.1) is 5.82 Å². The molecule has 0 aliphatic carbocycles. The number of nitrogens with zero attached hydrogens (tertiary/aromatic N) is 2. The first-order chi connectivity index (χ1) is 17.3. The van der Waals surface area contributed by atoms with Gasteiger partial charge in [-0.3, -0.25) is 4.90 Å². The molecule has 2 aromatic carbocycles. The number of hydrogen-bond donors (Lipinski definition) is 2. The van der Waals surface area contributed by atoms with E-state index in [4.69, 9.17) is 43.1 Å². The van der Waals surface area contributed by atoms with E-state index in [9.17, 15) is 9.50 Å². The van der Waals surface area contributed by atoms with Crippen LogP contribution < -0.4 is 15.2 Å². The third kappa shape index (κ3) is 6.57. The summed E-state index contributed by atoms with van der Waals surface area (Å²) in [4.78, 5) is 6.40. The first-order valence-corrected chi connectivity index (χ1v) is 12.3. The molecule has 0 bridgehead atoms. The number of ether oxygens (including phenoxy) is 3. The number of aliphatic hydroxyl groups excluding tert-OH is 1. The van der Waals surface area contributed by atoms with Crippen molar-refractivity contribution in [2.75, 3.05) is 45.2 Å². The standard InChI is InChI=1S/C26H28Cl2FN3O4/c1-16(24-21(27)6-7-22(29)25(24)28)36-23-12-18(13-31-26(23)30)17-2-4-20(5-3-17)35-15-19(33)14-32-8-10-34-11-9-32/h2-7,12-13,16,19,33H,8-11,14-15H2,1H3,(H2,30,31). The van der Waals surface area contributed by atoms with Gasteiger partial charge in [-0.05, 0) is 42.8 Å². The molecule has 3 aromatic rings. The van der Waals surface area contributed by atoms with Gasteiger partial charge in [0.15, 0.2) is 11.6 Å². The molecular weight excluding hydrogens is 508 g/mol. The Kier molecular flexibility index (Phi) is 8.87. The fourth-order valence-electron chi connectivity index (χ4n) is 3.94. The van der Waals surface area contributed by atoms with Gasteiger partial charge in [-0.25, -0.2) is 9.37 Å². The molecule has 10 heteroatoms. The molecule has 2 heterocycles. The van der Waals surface area contributed by atoms with Crippen molar-refractivity contribution in [2.45, 2.75) is 19.1 Å². The predicted octanol–water partition coefficient (Wildman–Crippen LogP) is 4.99. The molecule has 0 amide bonds. The number of nitrogen functional groups attached to an aromatic ring is 1.